The van der Waals surface area contributed by atoms with Crippen molar-refractivity contribution in [1.29, 1.82) is 0 Å². The van der Waals surface area contributed by atoms with E-state index in [1.54, 1.807) is 26.6 Å². The molecule has 146 valence electrons. The molecule has 7 nitrogen and oxygen atoms in total. The van der Waals surface area contributed by atoms with Gasteiger partial charge in [0.15, 0.2) is 11.5 Å². The molecule has 4 aromatic rings. The Morgan fingerprint density at radius 1 is 0.897 bits per heavy atom. The summed E-state index contributed by atoms with van der Waals surface area (Å²) in [6, 6.07) is 17.6. The Kier molecular flexibility index (Phi) is 5.38. The number of methoxy groups -OCH3 is 2. The monoisotopic (exact) mass is 387 g/mol. The number of aromatic nitrogens is 3. The van der Waals surface area contributed by atoms with Crippen LogP contribution in [-0.2, 0) is 6.54 Å². The van der Waals surface area contributed by atoms with Gasteiger partial charge in [-0.25, -0.2) is 15.0 Å². The fourth-order valence-electron chi connectivity index (χ4n) is 2.97. The molecule has 0 unspecified atom stereocenters. The van der Waals surface area contributed by atoms with Crippen LogP contribution in [0, 0.1) is 0 Å². The summed E-state index contributed by atoms with van der Waals surface area (Å²) in [6.45, 7) is 0.661. The molecule has 29 heavy (non-hydrogen) atoms. The van der Waals surface area contributed by atoms with Crippen LogP contribution in [0.3, 0.4) is 0 Å². The van der Waals surface area contributed by atoms with Crippen molar-refractivity contribution in [3.8, 4) is 11.5 Å². The number of hydrogen-bond acceptors (Lipinski definition) is 7. The maximum absolute atomic E-state index is 5.36. The van der Waals surface area contributed by atoms with Gasteiger partial charge in [-0.2, -0.15) is 0 Å². The second-order valence-corrected chi connectivity index (χ2v) is 6.32. The topological polar surface area (TPSA) is 81.2 Å². The zero-order valence-electron chi connectivity index (χ0n) is 16.2. The molecule has 0 aliphatic heterocycles. The van der Waals surface area contributed by atoms with Crippen LogP contribution in [0.15, 0.2) is 67.0 Å². The lowest BCUT2D eigenvalue weighted by Gasteiger charge is -2.12. The highest BCUT2D eigenvalue weighted by Gasteiger charge is 2.09. The van der Waals surface area contributed by atoms with Crippen LogP contribution in [0.2, 0.25) is 0 Å². The van der Waals surface area contributed by atoms with Gasteiger partial charge in [0.05, 0.1) is 25.1 Å². The Hall–Kier alpha value is -3.87. The van der Waals surface area contributed by atoms with Gasteiger partial charge in [0.25, 0.3) is 0 Å². The van der Waals surface area contributed by atoms with Crippen LogP contribution in [0.5, 0.6) is 11.5 Å². The molecule has 0 radical (unpaired) electrons. The quantitative estimate of drug-likeness (QED) is 0.486. The Balaban J connectivity index is 1.56. The minimum Gasteiger partial charge on any atom is -0.493 e. The number of rotatable bonds is 7. The Morgan fingerprint density at radius 3 is 2.52 bits per heavy atom. The third kappa shape index (κ3) is 4.19. The molecular formula is C22H21N5O2. The molecule has 0 aliphatic carbocycles. The zero-order chi connectivity index (χ0) is 20.1. The number of nitrogens with zero attached hydrogens (tertiary/aromatic N) is 3. The van der Waals surface area contributed by atoms with Gasteiger partial charge in [0.2, 0.25) is 5.95 Å². The summed E-state index contributed by atoms with van der Waals surface area (Å²) >= 11 is 0. The molecule has 0 aliphatic rings. The van der Waals surface area contributed by atoms with Crippen molar-refractivity contribution in [2.75, 3.05) is 24.9 Å². The van der Waals surface area contributed by atoms with E-state index in [0.29, 0.717) is 29.8 Å². The van der Waals surface area contributed by atoms with Crippen molar-refractivity contribution in [3.63, 3.8) is 0 Å². The standard InChI is InChI=1S/C22H21N5O2/c1-28-19-9-8-16(12-20(19)29-2)26-21-17-14-25-22(27-18(17)10-11-23-21)24-13-15-6-4-3-5-7-15/h3-12,14H,13H2,1-2H3,(H,23,26)(H,24,25,27). The van der Waals surface area contributed by atoms with Crippen molar-refractivity contribution in [2.24, 2.45) is 0 Å². The number of nitrogens with one attached hydrogen (secondary N) is 2. The minimum atomic E-state index is 0.574. The van der Waals surface area contributed by atoms with E-state index in [9.17, 15) is 0 Å². The minimum absolute atomic E-state index is 0.574. The average Bonchev–Trinajstić information content (AvgIpc) is 2.78. The van der Waals surface area contributed by atoms with E-state index in [2.05, 4.69) is 37.7 Å². The second kappa shape index (κ2) is 8.43. The van der Waals surface area contributed by atoms with Gasteiger partial charge in [0, 0.05) is 30.7 Å². The zero-order valence-corrected chi connectivity index (χ0v) is 16.2. The molecule has 2 aromatic carbocycles. The maximum atomic E-state index is 5.36. The highest BCUT2D eigenvalue weighted by atomic mass is 16.5. The highest BCUT2D eigenvalue weighted by molar-refractivity contribution is 5.90. The van der Waals surface area contributed by atoms with Crippen LogP contribution in [0.1, 0.15) is 5.56 Å². The predicted molar refractivity (Wildman–Crippen MR) is 114 cm³/mol. The summed E-state index contributed by atoms with van der Waals surface area (Å²) in [4.78, 5) is 13.5. The lowest BCUT2D eigenvalue weighted by molar-refractivity contribution is 0.355. The summed E-state index contributed by atoms with van der Waals surface area (Å²) < 4.78 is 10.6. The lowest BCUT2D eigenvalue weighted by atomic mass is 10.2. The molecule has 4 rings (SSSR count). The third-order valence-electron chi connectivity index (χ3n) is 4.45. The Bertz CT molecular complexity index is 1120. The summed E-state index contributed by atoms with van der Waals surface area (Å²) in [6.07, 6.45) is 3.49. The number of benzene rings is 2. The second-order valence-electron chi connectivity index (χ2n) is 6.32. The molecule has 0 fully saturated rings. The van der Waals surface area contributed by atoms with Crippen molar-refractivity contribution in [1.82, 2.24) is 15.0 Å². The highest BCUT2D eigenvalue weighted by Crippen LogP contribution is 2.32. The van der Waals surface area contributed by atoms with Crippen molar-refractivity contribution in [2.45, 2.75) is 6.54 Å². The van der Waals surface area contributed by atoms with Crippen LogP contribution in [-0.4, -0.2) is 29.2 Å². The average molecular weight is 387 g/mol. The number of ether oxygens (including phenoxy) is 2. The number of pyridine rings is 1. The largest absolute Gasteiger partial charge is 0.493 e. The van der Waals surface area contributed by atoms with E-state index in [-0.39, 0.29) is 0 Å². The van der Waals surface area contributed by atoms with E-state index >= 15 is 0 Å². The van der Waals surface area contributed by atoms with Crippen LogP contribution < -0.4 is 20.1 Å². The van der Waals surface area contributed by atoms with Gasteiger partial charge in [-0.1, -0.05) is 30.3 Å². The molecule has 0 amide bonds. The lowest BCUT2D eigenvalue weighted by Crippen LogP contribution is -2.04. The molecule has 0 saturated carbocycles. The van der Waals surface area contributed by atoms with Crippen LogP contribution in [0.4, 0.5) is 17.5 Å². The van der Waals surface area contributed by atoms with E-state index in [0.717, 1.165) is 16.6 Å². The predicted octanol–water partition coefficient (Wildman–Crippen LogP) is 4.40. The Morgan fingerprint density at radius 2 is 1.72 bits per heavy atom. The molecule has 2 N–H and O–H groups in total. The molecule has 2 aromatic heterocycles. The van der Waals surface area contributed by atoms with Gasteiger partial charge in [0.1, 0.15) is 5.82 Å². The van der Waals surface area contributed by atoms with Gasteiger partial charge in [-0.05, 0) is 23.8 Å². The van der Waals surface area contributed by atoms with E-state index in [4.69, 9.17) is 9.47 Å². The molecule has 0 bridgehead atoms. The SMILES string of the molecule is COc1ccc(Nc2nccc3nc(NCc4ccccc4)ncc23)cc1OC. The van der Waals surface area contributed by atoms with E-state index in [1.807, 2.05) is 42.5 Å². The summed E-state index contributed by atoms with van der Waals surface area (Å²) in [7, 11) is 3.22. The molecule has 7 heteroatoms. The fraction of sp³-hybridized carbons (Fsp3) is 0.136. The maximum Gasteiger partial charge on any atom is 0.223 e. The van der Waals surface area contributed by atoms with Gasteiger partial charge < -0.3 is 20.1 Å². The molecule has 0 spiro atoms. The number of hydrogen-bond donors (Lipinski definition) is 2. The van der Waals surface area contributed by atoms with Crippen molar-refractivity contribution >= 4 is 28.4 Å². The van der Waals surface area contributed by atoms with Gasteiger partial charge in [-0.3, -0.25) is 0 Å². The van der Waals surface area contributed by atoms with E-state index < -0.39 is 0 Å². The first-order valence-corrected chi connectivity index (χ1v) is 9.15. The van der Waals surface area contributed by atoms with Crippen LogP contribution in [0.25, 0.3) is 10.9 Å². The number of anilines is 3. The first-order valence-electron chi connectivity index (χ1n) is 9.15. The van der Waals surface area contributed by atoms with Gasteiger partial charge >= 0.3 is 0 Å². The molecule has 0 atom stereocenters. The molecular weight excluding hydrogens is 366 g/mol. The van der Waals surface area contributed by atoms with Crippen LogP contribution >= 0.6 is 0 Å². The fourth-order valence-corrected chi connectivity index (χ4v) is 2.97. The first kappa shape index (κ1) is 18.5. The van der Waals surface area contributed by atoms with Crippen molar-refractivity contribution < 1.29 is 9.47 Å². The molecule has 0 saturated heterocycles. The normalized spacial score (nSPS) is 10.6. The smallest absolute Gasteiger partial charge is 0.223 e. The summed E-state index contributed by atoms with van der Waals surface area (Å²) in [5.41, 5.74) is 2.80. The first-order chi connectivity index (χ1) is 14.3. The van der Waals surface area contributed by atoms with Gasteiger partial charge in [-0.15, -0.1) is 0 Å². The summed E-state index contributed by atoms with van der Waals surface area (Å²) in [5.74, 6) is 2.55. The molecule has 2 heterocycles. The van der Waals surface area contributed by atoms with Crippen molar-refractivity contribution in [3.05, 3.63) is 72.6 Å². The third-order valence-corrected chi connectivity index (χ3v) is 4.45. The summed E-state index contributed by atoms with van der Waals surface area (Å²) in [5, 5.41) is 7.39. The number of fused-ring (bicyclic) bond motifs is 1. The van der Waals surface area contributed by atoms with E-state index in [1.165, 1.54) is 5.56 Å². The Labute approximate surface area is 168 Å².